The van der Waals surface area contributed by atoms with Crippen molar-refractivity contribution in [2.75, 3.05) is 6.61 Å². The molecule has 0 radical (unpaired) electrons. The van der Waals surface area contributed by atoms with Crippen molar-refractivity contribution in [1.29, 1.82) is 0 Å². The molecule has 1 atom stereocenters. The third-order valence-electron chi connectivity index (χ3n) is 1.74. The van der Waals surface area contributed by atoms with E-state index in [-0.39, 0.29) is 5.02 Å². The summed E-state index contributed by atoms with van der Waals surface area (Å²) in [6.07, 6.45) is -2.02. The number of hydrogen-bond donors (Lipinski definition) is 2. The summed E-state index contributed by atoms with van der Waals surface area (Å²) in [7, 11) is 0. The van der Waals surface area contributed by atoms with Crippen LogP contribution in [0.5, 0.6) is 0 Å². The molecule has 1 aromatic rings. The number of hydrogen-bond acceptors (Lipinski definition) is 3. The Bertz CT molecular complexity index is 372. The molecule has 0 saturated heterocycles. The third-order valence-corrected chi connectivity index (χ3v) is 2.05. The average Bonchev–Trinajstić information content (AvgIpc) is 2.18. The highest BCUT2D eigenvalue weighted by molar-refractivity contribution is 6.30. The van der Waals surface area contributed by atoms with E-state index < -0.39 is 24.6 Å². The molecule has 4 nitrogen and oxygen atoms in total. The van der Waals surface area contributed by atoms with Gasteiger partial charge in [-0.2, -0.15) is 0 Å². The van der Waals surface area contributed by atoms with E-state index in [4.69, 9.17) is 22.4 Å². The molecular weight excluding hydrogens is 225 g/mol. The lowest BCUT2D eigenvalue weighted by molar-refractivity contribution is 0.0631. The monoisotopic (exact) mass is 233 g/mol. The fourth-order valence-electron chi connectivity index (χ4n) is 1.06. The Kier molecular flexibility index (Phi) is 3.88. The third kappa shape index (κ3) is 3.07. The predicted molar refractivity (Wildman–Crippen MR) is 51.9 cm³/mol. The van der Waals surface area contributed by atoms with Crippen LogP contribution in [0.15, 0.2) is 18.2 Å². The summed E-state index contributed by atoms with van der Waals surface area (Å²) < 4.78 is 17.6. The number of nitrogens with two attached hydrogens (primary N) is 1. The van der Waals surface area contributed by atoms with Crippen LogP contribution >= 0.6 is 11.6 Å². The van der Waals surface area contributed by atoms with Gasteiger partial charge in [0.1, 0.15) is 5.82 Å². The molecule has 0 aliphatic carbocycles. The Morgan fingerprint density at radius 2 is 2.33 bits per heavy atom. The molecule has 1 amide bonds. The number of benzene rings is 1. The number of aliphatic hydroxyl groups excluding tert-OH is 1. The van der Waals surface area contributed by atoms with Gasteiger partial charge in [-0.25, -0.2) is 9.18 Å². The van der Waals surface area contributed by atoms with Crippen molar-refractivity contribution in [2.24, 2.45) is 5.73 Å². The van der Waals surface area contributed by atoms with E-state index in [2.05, 4.69) is 4.74 Å². The van der Waals surface area contributed by atoms with Gasteiger partial charge in [0, 0.05) is 0 Å². The first-order valence-corrected chi connectivity index (χ1v) is 4.44. The summed E-state index contributed by atoms with van der Waals surface area (Å²) in [5, 5.41) is 8.85. The molecule has 1 rings (SSSR count). The van der Waals surface area contributed by atoms with Crippen molar-refractivity contribution in [2.45, 2.75) is 6.10 Å². The van der Waals surface area contributed by atoms with Crippen molar-refractivity contribution < 1.29 is 19.0 Å². The molecule has 0 fully saturated rings. The highest BCUT2D eigenvalue weighted by Crippen LogP contribution is 2.22. The lowest BCUT2D eigenvalue weighted by Gasteiger charge is -2.14. The quantitative estimate of drug-likeness (QED) is 0.833. The minimum absolute atomic E-state index is 0.0467. The van der Waals surface area contributed by atoms with Crippen LogP contribution in [0.3, 0.4) is 0 Å². The van der Waals surface area contributed by atoms with Crippen LogP contribution in [-0.4, -0.2) is 17.8 Å². The molecule has 15 heavy (non-hydrogen) atoms. The summed E-state index contributed by atoms with van der Waals surface area (Å²) in [5.74, 6) is -0.652. The molecule has 0 aliphatic rings. The van der Waals surface area contributed by atoms with Crippen LogP contribution < -0.4 is 5.73 Å². The van der Waals surface area contributed by atoms with Crippen molar-refractivity contribution in [1.82, 2.24) is 0 Å². The van der Waals surface area contributed by atoms with Gasteiger partial charge in [-0.15, -0.1) is 0 Å². The van der Waals surface area contributed by atoms with Gasteiger partial charge in [0.25, 0.3) is 0 Å². The normalized spacial score (nSPS) is 12.2. The molecular formula is C9H9ClFNO3. The highest BCUT2D eigenvalue weighted by atomic mass is 35.5. The number of carbonyl (C=O) groups is 1. The Morgan fingerprint density at radius 1 is 1.67 bits per heavy atom. The van der Waals surface area contributed by atoms with Gasteiger partial charge in [-0.1, -0.05) is 17.7 Å². The molecule has 82 valence electrons. The summed E-state index contributed by atoms with van der Waals surface area (Å²) in [6.45, 7) is -0.482. The Morgan fingerprint density at radius 3 is 2.80 bits per heavy atom. The van der Waals surface area contributed by atoms with Crippen molar-refractivity contribution in [3.63, 3.8) is 0 Å². The standard InChI is InChI=1S/C9H9ClFNO3/c10-6-2-1-5(3-7(6)11)8(4-13)15-9(12)14/h1-3,8,13H,4H2,(H2,12,14)/t8-/m1/s1. The highest BCUT2D eigenvalue weighted by Gasteiger charge is 2.15. The Hall–Kier alpha value is -1.33. The summed E-state index contributed by atoms with van der Waals surface area (Å²) in [4.78, 5) is 10.5. The largest absolute Gasteiger partial charge is 0.439 e. The zero-order valence-electron chi connectivity index (χ0n) is 7.61. The van der Waals surface area contributed by atoms with Gasteiger partial charge >= 0.3 is 6.09 Å². The predicted octanol–water partition coefficient (Wildman–Crippen LogP) is 1.61. The van der Waals surface area contributed by atoms with Crippen LogP contribution in [0.2, 0.25) is 5.02 Å². The SMILES string of the molecule is NC(=O)O[C@H](CO)c1ccc(Cl)c(F)c1. The molecule has 0 heterocycles. The molecule has 0 saturated carbocycles. The first kappa shape index (κ1) is 11.7. The number of primary amides is 1. The number of rotatable bonds is 3. The van der Waals surface area contributed by atoms with Gasteiger partial charge in [0.05, 0.1) is 11.6 Å². The molecule has 0 unspecified atom stereocenters. The van der Waals surface area contributed by atoms with E-state index in [1.165, 1.54) is 12.1 Å². The van der Waals surface area contributed by atoms with Gasteiger partial charge in [0.2, 0.25) is 0 Å². The Labute approximate surface area is 90.4 Å². The zero-order chi connectivity index (χ0) is 11.4. The first-order chi connectivity index (χ1) is 7.04. The molecule has 0 aromatic heterocycles. The van der Waals surface area contributed by atoms with Crippen LogP contribution in [-0.2, 0) is 4.74 Å². The number of ether oxygens (including phenoxy) is 1. The molecule has 0 spiro atoms. The zero-order valence-corrected chi connectivity index (χ0v) is 8.37. The topological polar surface area (TPSA) is 72.6 Å². The second-order valence-corrected chi connectivity index (χ2v) is 3.19. The van der Waals surface area contributed by atoms with E-state index in [1.54, 1.807) is 0 Å². The Balaban J connectivity index is 2.92. The lowest BCUT2D eigenvalue weighted by Crippen LogP contribution is -2.19. The second kappa shape index (κ2) is 4.95. The minimum atomic E-state index is -1.04. The van der Waals surface area contributed by atoms with Gasteiger partial charge in [-0.3, -0.25) is 0 Å². The minimum Gasteiger partial charge on any atom is -0.439 e. The maximum absolute atomic E-state index is 13.0. The molecule has 1 aromatic carbocycles. The maximum atomic E-state index is 13.0. The van der Waals surface area contributed by atoms with Crippen molar-refractivity contribution in [3.8, 4) is 0 Å². The van der Waals surface area contributed by atoms with Crippen LogP contribution in [0.25, 0.3) is 0 Å². The second-order valence-electron chi connectivity index (χ2n) is 2.78. The van der Waals surface area contributed by atoms with E-state index in [0.29, 0.717) is 5.56 Å². The summed E-state index contributed by atoms with van der Waals surface area (Å²) in [5.41, 5.74) is 5.07. The van der Waals surface area contributed by atoms with Crippen LogP contribution in [0, 0.1) is 5.82 Å². The van der Waals surface area contributed by atoms with Gasteiger partial charge in [-0.05, 0) is 17.7 Å². The lowest BCUT2D eigenvalue weighted by atomic mass is 10.1. The fraction of sp³-hybridized carbons (Fsp3) is 0.222. The molecule has 0 aliphatic heterocycles. The number of aliphatic hydroxyl groups is 1. The molecule has 3 N–H and O–H groups in total. The first-order valence-electron chi connectivity index (χ1n) is 4.06. The van der Waals surface area contributed by atoms with Crippen molar-refractivity contribution in [3.05, 3.63) is 34.6 Å². The van der Waals surface area contributed by atoms with E-state index >= 15 is 0 Å². The van der Waals surface area contributed by atoms with Gasteiger partial charge < -0.3 is 15.6 Å². The van der Waals surface area contributed by atoms with E-state index in [9.17, 15) is 9.18 Å². The summed E-state index contributed by atoms with van der Waals surface area (Å²) >= 11 is 5.46. The smallest absolute Gasteiger partial charge is 0.405 e. The molecule has 6 heteroatoms. The van der Waals surface area contributed by atoms with Gasteiger partial charge in [0.15, 0.2) is 6.10 Å². The maximum Gasteiger partial charge on any atom is 0.405 e. The van der Waals surface area contributed by atoms with E-state index in [1.807, 2.05) is 0 Å². The number of carbonyl (C=O) groups excluding carboxylic acids is 1. The summed E-state index contributed by atoms with van der Waals surface area (Å²) in [6, 6.07) is 3.82. The van der Waals surface area contributed by atoms with E-state index in [0.717, 1.165) is 6.07 Å². The number of amides is 1. The fourth-order valence-corrected chi connectivity index (χ4v) is 1.18. The van der Waals surface area contributed by atoms with Crippen LogP contribution in [0.1, 0.15) is 11.7 Å². The van der Waals surface area contributed by atoms with Crippen LogP contribution in [0.4, 0.5) is 9.18 Å². The van der Waals surface area contributed by atoms with Crippen molar-refractivity contribution >= 4 is 17.7 Å². The average molecular weight is 234 g/mol. The number of halogens is 2. The molecule has 0 bridgehead atoms.